The Kier molecular flexibility index (Phi) is 4.32. The number of nitrogens with two attached hydrogens (primary N) is 1. The molecule has 1 saturated carbocycles. The van der Waals surface area contributed by atoms with Gasteiger partial charge in [-0.25, -0.2) is 4.39 Å². The third-order valence-corrected chi connectivity index (χ3v) is 4.00. The van der Waals surface area contributed by atoms with Gasteiger partial charge in [0.2, 0.25) is 0 Å². The van der Waals surface area contributed by atoms with Crippen molar-refractivity contribution in [2.75, 3.05) is 7.11 Å². The molecule has 4 heteroatoms. The van der Waals surface area contributed by atoms with E-state index < -0.39 is 0 Å². The van der Waals surface area contributed by atoms with E-state index in [9.17, 15) is 4.39 Å². The van der Waals surface area contributed by atoms with Gasteiger partial charge in [0, 0.05) is 7.11 Å². The molecule has 1 unspecified atom stereocenters. The highest BCUT2D eigenvalue weighted by Gasteiger charge is 2.40. The fourth-order valence-electron chi connectivity index (χ4n) is 2.97. The summed E-state index contributed by atoms with van der Waals surface area (Å²) in [6, 6.07) is 6.38. The first-order chi connectivity index (χ1) is 8.72. The largest absolute Gasteiger partial charge is 0.376 e. The quantitative estimate of drug-likeness (QED) is 0.640. The number of halogens is 1. The Morgan fingerprint density at radius 3 is 2.33 bits per heavy atom. The van der Waals surface area contributed by atoms with E-state index in [1.807, 2.05) is 0 Å². The Morgan fingerprint density at radius 1 is 1.22 bits per heavy atom. The van der Waals surface area contributed by atoms with Crippen LogP contribution in [0.5, 0.6) is 0 Å². The molecule has 1 aliphatic carbocycles. The van der Waals surface area contributed by atoms with Gasteiger partial charge in [0.25, 0.3) is 0 Å². The maximum atomic E-state index is 13.0. The van der Waals surface area contributed by atoms with Gasteiger partial charge in [-0.05, 0) is 30.5 Å². The van der Waals surface area contributed by atoms with Crippen LogP contribution in [0.3, 0.4) is 0 Å². The van der Waals surface area contributed by atoms with Gasteiger partial charge < -0.3 is 4.74 Å². The Balaban J connectivity index is 2.27. The standard InChI is InChI=1S/C14H21FN2O/c1-18-14(9-3-2-4-10-14)13(17-16)11-5-7-12(15)8-6-11/h5-8,13,17H,2-4,9-10,16H2,1H3. The van der Waals surface area contributed by atoms with Crippen LogP contribution in [0.1, 0.15) is 43.7 Å². The summed E-state index contributed by atoms with van der Waals surface area (Å²) in [5.74, 6) is 5.48. The SMILES string of the molecule is COC1(C(NN)c2ccc(F)cc2)CCCCC1. The predicted molar refractivity (Wildman–Crippen MR) is 69.3 cm³/mol. The molecule has 1 aromatic rings. The van der Waals surface area contributed by atoms with Crippen LogP contribution < -0.4 is 11.3 Å². The lowest BCUT2D eigenvalue weighted by Crippen LogP contribution is -2.49. The summed E-state index contributed by atoms with van der Waals surface area (Å²) >= 11 is 0. The molecule has 3 N–H and O–H groups in total. The Labute approximate surface area is 107 Å². The van der Waals surface area contributed by atoms with Crippen molar-refractivity contribution in [3.63, 3.8) is 0 Å². The zero-order chi connectivity index (χ0) is 13.0. The Bertz CT molecular complexity index is 374. The zero-order valence-corrected chi connectivity index (χ0v) is 10.8. The van der Waals surface area contributed by atoms with Gasteiger partial charge in [0.1, 0.15) is 5.82 Å². The summed E-state index contributed by atoms with van der Waals surface area (Å²) in [4.78, 5) is 0. The lowest BCUT2D eigenvalue weighted by molar-refractivity contribution is -0.0688. The molecule has 0 saturated heterocycles. The van der Waals surface area contributed by atoms with E-state index in [0.29, 0.717) is 0 Å². The summed E-state index contributed by atoms with van der Waals surface area (Å²) in [5.41, 5.74) is 3.55. The topological polar surface area (TPSA) is 47.3 Å². The van der Waals surface area contributed by atoms with Crippen LogP contribution in [0.25, 0.3) is 0 Å². The third kappa shape index (κ3) is 2.55. The normalized spacial score (nSPS) is 20.6. The highest BCUT2D eigenvalue weighted by Crippen LogP contribution is 2.40. The molecule has 0 aliphatic heterocycles. The predicted octanol–water partition coefficient (Wildman–Crippen LogP) is 2.68. The molecular formula is C14H21FN2O. The number of hydrazine groups is 1. The fraction of sp³-hybridized carbons (Fsp3) is 0.571. The zero-order valence-electron chi connectivity index (χ0n) is 10.8. The molecule has 1 atom stereocenters. The highest BCUT2D eigenvalue weighted by atomic mass is 19.1. The molecule has 0 spiro atoms. The van der Waals surface area contributed by atoms with Gasteiger partial charge in [-0.2, -0.15) is 0 Å². The van der Waals surface area contributed by atoms with Crippen molar-refractivity contribution < 1.29 is 9.13 Å². The summed E-state index contributed by atoms with van der Waals surface area (Å²) in [5, 5.41) is 0. The van der Waals surface area contributed by atoms with E-state index in [2.05, 4.69) is 5.43 Å². The molecule has 1 fully saturated rings. The first-order valence-corrected chi connectivity index (χ1v) is 6.48. The molecule has 100 valence electrons. The number of nitrogens with one attached hydrogen (secondary N) is 1. The van der Waals surface area contributed by atoms with Crippen LogP contribution in [0, 0.1) is 5.82 Å². The van der Waals surface area contributed by atoms with Crippen LogP contribution in [-0.2, 0) is 4.74 Å². The van der Waals surface area contributed by atoms with Crippen LogP contribution in [0.4, 0.5) is 4.39 Å². The van der Waals surface area contributed by atoms with Crippen LogP contribution in [-0.4, -0.2) is 12.7 Å². The summed E-state index contributed by atoms with van der Waals surface area (Å²) in [7, 11) is 1.74. The van der Waals surface area contributed by atoms with Gasteiger partial charge in [-0.1, -0.05) is 31.4 Å². The summed E-state index contributed by atoms with van der Waals surface area (Å²) in [6.07, 6.45) is 5.50. The van der Waals surface area contributed by atoms with Crippen molar-refractivity contribution >= 4 is 0 Å². The van der Waals surface area contributed by atoms with Crippen LogP contribution >= 0.6 is 0 Å². The number of hydrogen-bond donors (Lipinski definition) is 2. The molecule has 0 radical (unpaired) electrons. The first-order valence-electron chi connectivity index (χ1n) is 6.48. The minimum Gasteiger partial charge on any atom is -0.376 e. The second kappa shape index (κ2) is 5.78. The van der Waals surface area contributed by atoms with Gasteiger partial charge in [0.05, 0.1) is 11.6 Å². The number of benzene rings is 1. The molecule has 1 aliphatic rings. The average molecular weight is 252 g/mol. The van der Waals surface area contributed by atoms with E-state index in [1.165, 1.54) is 18.6 Å². The van der Waals surface area contributed by atoms with E-state index in [4.69, 9.17) is 10.6 Å². The fourth-order valence-corrected chi connectivity index (χ4v) is 2.97. The molecule has 2 rings (SSSR count). The van der Waals surface area contributed by atoms with E-state index in [-0.39, 0.29) is 17.5 Å². The lowest BCUT2D eigenvalue weighted by Gasteiger charge is -2.42. The Hall–Kier alpha value is -0.970. The molecular weight excluding hydrogens is 231 g/mol. The monoisotopic (exact) mass is 252 g/mol. The number of rotatable bonds is 4. The van der Waals surface area contributed by atoms with Gasteiger partial charge in [-0.15, -0.1) is 0 Å². The van der Waals surface area contributed by atoms with Crippen LogP contribution in [0.2, 0.25) is 0 Å². The minimum absolute atomic E-state index is 0.0941. The molecule has 3 nitrogen and oxygen atoms in total. The van der Waals surface area contributed by atoms with E-state index in [0.717, 1.165) is 31.2 Å². The van der Waals surface area contributed by atoms with Crippen molar-refractivity contribution in [1.82, 2.24) is 5.43 Å². The van der Waals surface area contributed by atoms with Crippen LogP contribution in [0.15, 0.2) is 24.3 Å². The Morgan fingerprint density at radius 2 is 1.83 bits per heavy atom. The van der Waals surface area contributed by atoms with Crippen molar-refractivity contribution in [3.8, 4) is 0 Å². The van der Waals surface area contributed by atoms with Crippen molar-refractivity contribution in [2.45, 2.75) is 43.7 Å². The van der Waals surface area contributed by atoms with Crippen molar-refractivity contribution in [3.05, 3.63) is 35.6 Å². The van der Waals surface area contributed by atoms with Crippen molar-refractivity contribution in [1.29, 1.82) is 0 Å². The summed E-state index contributed by atoms with van der Waals surface area (Å²) in [6.45, 7) is 0. The molecule has 0 heterocycles. The van der Waals surface area contributed by atoms with Gasteiger partial charge >= 0.3 is 0 Å². The smallest absolute Gasteiger partial charge is 0.123 e. The highest BCUT2D eigenvalue weighted by molar-refractivity contribution is 5.23. The molecule has 1 aromatic carbocycles. The number of hydrogen-bond acceptors (Lipinski definition) is 3. The van der Waals surface area contributed by atoms with Crippen molar-refractivity contribution in [2.24, 2.45) is 5.84 Å². The second-order valence-electron chi connectivity index (χ2n) is 4.98. The summed E-state index contributed by atoms with van der Waals surface area (Å²) < 4.78 is 18.8. The molecule has 18 heavy (non-hydrogen) atoms. The molecule has 0 aromatic heterocycles. The minimum atomic E-state index is -0.273. The lowest BCUT2D eigenvalue weighted by atomic mass is 9.77. The maximum Gasteiger partial charge on any atom is 0.123 e. The third-order valence-electron chi connectivity index (χ3n) is 4.00. The second-order valence-corrected chi connectivity index (χ2v) is 4.98. The van der Waals surface area contributed by atoms with Gasteiger partial charge in [-0.3, -0.25) is 11.3 Å². The molecule has 0 amide bonds. The average Bonchev–Trinajstić information content (AvgIpc) is 2.43. The first kappa shape index (κ1) is 13.5. The van der Waals surface area contributed by atoms with E-state index >= 15 is 0 Å². The number of methoxy groups -OCH3 is 1. The van der Waals surface area contributed by atoms with E-state index in [1.54, 1.807) is 19.2 Å². The molecule has 0 bridgehead atoms. The number of ether oxygens (including phenoxy) is 1. The maximum absolute atomic E-state index is 13.0. The van der Waals surface area contributed by atoms with Gasteiger partial charge in [0.15, 0.2) is 0 Å².